The third-order valence-corrected chi connectivity index (χ3v) is 4.40. The predicted octanol–water partition coefficient (Wildman–Crippen LogP) is 4.14. The maximum Gasteiger partial charge on any atom is 0.280 e. The SMILES string of the molecule is Cc1ccccc1O[C@H](C)C(=O)N/N=C\c1cc(Br)c(O)c(Br)c1. The van der Waals surface area contributed by atoms with E-state index in [0.29, 0.717) is 20.3 Å². The number of nitrogens with zero attached hydrogens (tertiary/aromatic N) is 1. The number of aryl methyl sites for hydroxylation is 1. The van der Waals surface area contributed by atoms with Gasteiger partial charge in [0.15, 0.2) is 6.10 Å². The van der Waals surface area contributed by atoms with Crippen molar-refractivity contribution in [2.75, 3.05) is 0 Å². The molecule has 1 amide bonds. The second-order valence-corrected chi connectivity index (χ2v) is 6.80. The number of halogens is 2. The van der Waals surface area contributed by atoms with Crippen molar-refractivity contribution in [2.24, 2.45) is 5.10 Å². The quantitative estimate of drug-likeness (QED) is 0.525. The molecule has 0 unspecified atom stereocenters. The van der Waals surface area contributed by atoms with Crippen molar-refractivity contribution in [3.8, 4) is 11.5 Å². The molecule has 2 rings (SSSR count). The molecular formula is C17H16Br2N2O3. The first-order valence-electron chi connectivity index (χ1n) is 7.11. The van der Waals surface area contributed by atoms with Crippen LogP contribution >= 0.6 is 31.9 Å². The van der Waals surface area contributed by atoms with E-state index in [4.69, 9.17) is 4.74 Å². The van der Waals surface area contributed by atoms with Crippen LogP contribution < -0.4 is 10.2 Å². The highest BCUT2D eigenvalue weighted by Crippen LogP contribution is 2.32. The normalized spacial score (nSPS) is 12.2. The minimum absolute atomic E-state index is 0.108. The van der Waals surface area contributed by atoms with Gasteiger partial charge in [0.1, 0.15) is 11.5 Å². The van der Waals surface area contributed by atoms with Crippen LogP contribution in [0.1, 0.15) is 18.1 Å². The van der Waals surface area contributed by atoms with Crippen molar-refractivity contribution in [3.63, 3.8) is 0 Å². The van der Waals surface area contributed by atoms with Gasteiger partial charge in [-0.2, -0.15) is 5.10 Å². The van der Waals surface area contributed by atoms with Crippen molar-refractivity contribution in [1.29, 1.82) is 0 Å². The van der Waals surface area contributed by atoms with Gasteiger partial charge in [-0.05, 0) is 75.0 Å². The third kappa shape index (κ3) is 4.82. The average Bonchev–Trinajstić information content (AvgIpc) is 2.54. The number of ether oxygens (including phenoxy) is 1. The molecule has 24 heavy (non-hydrogen) atoms. The lowest BCUT2D eigenvalue weighted by Crippen LogP contribution is -2.33. The molecule has 0 fully saturated rings. The van der Waals surface area contributed by atoms with Crippen LogP contribution in [-0.4, -0.2) is 23.3 Å². The van der Waals surface area contributed by atoms with Crippen LogP contribution in [0.2, 0.25) is 0 Å². The van der Waals surface area contributed by atoms with Gasteiger partial charge in [-0.15, -0.1) is 0 Å². The molecule has 2 aromatic carbocycles. The van der Waals surface area contributed by atoms with Gasteiger partial charge in [0.05, 0.1) is 15.2 Å². The number of rotatable bonds is 5. The Labute approximate surface area is 157 Å². The first kappa shape index (κ1) is 18.5. The van der Waals surface area contributed by atoms with Crippen molar-refractivity contribution < 1.29 is 14.6 Å². The molecule has 0 bridgehead atoms. The fraction of sp³-hybridized carbons (Fsp3) is 0.176. The molecule has 0 heterocycles. The predicted molar refractivity (Wildman–Crippen MR) is 101 cm³/mol. The average molecular weight is 456 g/mol. The van der Waals surface area contributed by atoms with E-state index in [1.165, 1.54) is 6.21 Å². The van der Waals surface area contributed by atoms with Crippen molar-refractivity contribution >= 4 is 44.0 Å². The fourth-order valence-corrected chi connectivity index (χ4v) is 3.08. The smallest absolute Gasteiger partial charge is 0.280 e. The van der Waals surface area contributed by atoms with Gasteiger partial charge in [-0.3, -0.25) is 4.79 Å². The number of carbonyl (C=O) groups is 1. The molecule has 5 nitrogen and oxygen atoms in total. The molecule has 0 aromatic heterocycles. The largest absolute Gasteiger partial charge is 0.506 e. The number of amides is 1. The number of benzene rings is 2. The van der Waals surface area contributed by atoms with E-state index in [9.17, 15) is 9.90 Å². The Balaban J connectivity index is 1.96. The maximum absolute atomic E-state index is 12.0. The molecule has 0 aliphatic rings. The molecule has 1 atom stereocenters. The minimum atomic E-state index is -0.679. The van der Waals surface area contributed by atoms with Crippen LogP contribution in [0.25, 0.3) is 0 Å². The molecule has 0 aliphatic carbocycles. The molecule has 0 saturated carbocycles. The van der Waals surface area contributed by atoms with Gasteiger partial charge in [0, 0.05) is 0 Å². The summed E-state index contributed by atoms with van der Waals surface area (Å²) < 4.78 is 6.69. The van der Waals surface area contributed by atoms with E-state index in [1.54, 1.807) is 19.1 Å². The van der Waals surface area contributed by atoms with Crippen molar-refractivity contribution in [1.82, 2.24) is 5.43 Å². The number of hydrogen-bond donors (Lipinski definition) is 2. The number of carbonyl (C=O) groups excluding carboxylic acids is 1. The zero-order valence-corrected chi connectivity index (χ0v) is 16.3. The second kappa shape index (κ2) is 8.30. The van der Waals surface area contributed by atoms with Gasteiger partial charge in [-0.1, -0.05) is 18.2 Å². The lowest BCUT2D eigenvalue weighted by Gasteiger charge is -2.14. The summed E-state index contributed by atoms with van der Waals surface area (Å²) in [6, 6.07) is 10.9. The Morgan fingerprint density at radius 2 is 1.92 bits per heavy atom. The summed E-state index contributed by atoms with van der Waals surface area (Å²) in [5, 5.41) is 13.6. The van der Waals surface area contributed by atoms with Gasteiger partial charge in [-0.25, -0.2) is 5.43 Å². The molecule has 0 aliphatic heterocycles. The first-order valence-corrected chi connectivity index (χ1v) is 8.70. The van der Waals surface area contributed by atoms with Crippen LogP contribution in [0.15, 0.2) is 50.4 Å². The summed E-state index contributed by atoms with van der Waals surface area (Å²) >= 11 is 6.47. The Bertz CT molecular complexity index is 755. The van der Waals surface area contributed by atoms with E-state index in [0.717, 1.165) is 5.56 Å². The van der Waals surface area contributed by atoms with Crippen LogP contribution in [-0.2, 0) is 4.79 Å². The topological polar surface area (TPSA) is 70.9 Å². The summed E-state index contributed by atoms with van der Waals surface area (Å²) in [6.07, 6.45) is 0.800. The highest BCUT2D eigenvalue weighted by atomic mass is 79.9. The van der Waals surface area contributed by atoms with Crippen molar-refractivity contribution in [3.05, 3.63) is 56.5 Å². The lowest BCUT2D eigenvalue weighted by atomic mass is 10.2. The number of para-hydroxylation sites is 1. The van der Waals surface area contributed by atoms with E-state index < -0.39 is 6.10 Å². The molecule has 2 aromatic rings. The number of phenols is 1. The highest BCUT2D eigenvalue weighted by Gasteiger charge is 2.14. The Morgan fingerprint density at radius 1 is 1.29 bits per heavy atom. The number of hydrogen-bond acceptors (Lipinski definition) is 4. The molecule has 7 heteroatoms. The van der Waals surface area contributed by atoms with E-state index in [1.807, 2.05) is 31.2 Å². The monoisotopic (exact) mass is 454 g/mol. The first-order chi connectivity index (χ1) is 11.4. The van der Waals surface area contributed by atoms with E-state index in [-0.39, 0.29) is 11.7 Å². The van der Waals surface area contributed by atoms with Crippen LogP contribution in [0.5, 0.6) is 11.5 Å². The second-order valence-electron chi connectivity index (χ2n) is 5.09. The molecule has 126 valence electrons. The highest BCUT2D eigenvalue weighted by molar-refractivity contribution is 9.11. The van der Waals surface area contributed by atoms with Crippen LogP contribution in [0.4, 0.5) is 0 Å². The van der Waals surface area contributed by atoms with Crippen LogP contribution in [0.3, 0.4) is 0 Å². The summed E-state index contributed by atoms with van der Waals surface area (Å²) in [5.74, 6) is 0.415. The summed E-state index contributed by atoms with van der Waals surface area (Å²) in [5.41, 5.74) is 4.10. The van der Waals surface area contributed by atoms with E-state index in [2.05, 4.69) is 42.4 Å². The Kier molecular flexibility index (Phi) is 6.39. The zero-order valence-electron chi connectivity index (χ0n) is 13.1. The maximum atomic E-state index is 12.0. The van der Waals surface area contributed by atoms with Crippen molar-refractivity contribution in [2.45, 2.75) is 20.0 Å². The summed E-state index contributed by atoms with van der Waals surface area (Å²) in [4.78, 5) is 12.0. The standard InChI is InChI=1S/C17H16Br2N2O3/c1-10-5-3-4-6-15(10)24-11(2)17(23)21-20-9-12-7-13(18)16(22)14(19)8-12/h3-9,11,22H,1-2H3,(H,21,23)/b20-9-/t11-/m1/s1. The van der Waals surface area contributed by atoms with E-state index >= 15 is 0 Å². The molecule has 0 spiro atoms. The third-order valence-electron chi connectivity index (χ3n) is 3.19. The molecule has 2 N–H and O–H groups in total. The molecule has 0 saturated heterocycles. The number of nitrogens with one attached hydrogen (secondary N) is 1. The zero-order chi connectivity index (χ0) is 17.7. The van der Waals surface area contributed by atoms with Gasteiger partial charge >= 0.3 is 0 Å². The van der Waals surface area contributed by atoms with Gasteiger partial charge in [0.2, 0.25) is 0 Å². The minimum Gasteiger partial charge on any atom is -0.506 e. The van der Waals surface area contributed by atoms with Gasteiger partial charge in [0.25, 0.3) is 5.91 Å². The fourth-order valence-electron chi connectivity index (χ4n) is 1.85. The molecule has 0 radical (unpaired) electrons. The van der Waals surface area contributed by atoms with Gasteiger partial charge < -0.3 is 9.84 Å². The van der Waals surface area contributed by atoms with Crippen LogP contribution in [0, 0.1) is 6.92 Å². The summed E-state index contributed by atoms with van der Waals surface area (Å²) in [6.45, 7) is 3.57. The summed E-state index contributed by atoms with van der Waals surface area (Å²) in [7, 11) is 0. The number of phenolic OH excluding ortho intramolecular Hbond substituents is 1. The lowest BCUT2D eigenvalue weighted by molar-refractivity contribution is -0.127. The Hall–Kier alpha value is -1.86. The Morgan fingerprint density at radius 3 is 2.54 bits per heavy atom. The molecular weight excluding hydrogens is 440 g/mol. The number of aromatic hydroxyl groups is 1. The number of hydrazone groups is 1.